The number of hydrogen-bond acceptors (Lipinski definition) is 6. The molecule has 1 rings (SSSR count). The molecule has 22 heavy (non-hydrogen) atoms. The van der Waals surface area contributed by atoms with Gasteiger partial charge in [0.25, 0.3) is 5.91 Å². The monoisotopic (exact) mass is 307 g/mol. The predicted octanol–water partition coefficient (Wildman–Crippen LogP) is -0.515. The Kier molecular flexibility index (Phi) is 6.48. The van der Waals surface area contributed by atoms with Gasteiger partial charge in [0.1, 0.15) is 0 Å². The lowest BCUT2D eigenvalue weighted by Gasteiger charge is -2.24. The number of imide groups is 1. The highest BCUT2D eigenvalue weighted by molar-refractivity contribution is 5.99. The van der Waals surface area contributed by atoms with Crippen molar-refractivity contribution in [3.63, 3.8) is 0 Å². The Labute approximate surface area is 128 Å². The van der Waals surface area contributed by atoms with Gasteiger partial charge in [0.2, 0.25) is 12.3 Å². The van der Waals surface area contributed by atoms with Crippen LogP contribution in [-0.2, 0) is 16.1 Å². The summed E-state index contributed by atoms with van der Waals surface area (Å²) in [6, 6.07) is 4.54. The number of carbonyl (C=O) groups excluding carboxylic acids is 3. The molecule has 1 aromatic rings. The van der Waals surface area contributed by atoms with Crippen molar-refractivity contribution in [2.24, 2.45) is 11.6 Å². The molecule has 1 unspecified atom stereocenters. The molecule has 0 radical (unpaired) electrons. The van der Waals surface area contributed by atoms with Crippen LogP contribution in [0.5, 0.6) is 0 Å². The smallest absolute Gasteiger partial charge is 0.270 e. The first-order valence-electron chi connectivity index (χ1n) is 6.80. The van der Waals surface area contributed by atoms with Crippen LogP contribution in [-0.4, -0.2) is 29.3 Å². The summed E-state index contributed by atoms with van der Waals surface area (Å²) < 4.78 is 0. The van der Waals surface area contributed by atoms with E-state index in [4.69, 9.17) is 17.3 Å². The minimum atomic E-state index is -0.448. The van der Waals surface area contributed by atoms with Crippen molar-refractivity contribution in [3.8, 4) is 0 Å². The fourth-order valence-electron chi connectivity index (χ4n) is 1.87. The maximum atomic E-state index is 12.4. The van der Waals surface area contributed by atoms with E-state index in [1.54, 1.807) is 25.1 Å². The largest absolute Gasteiger partial charge is 0.398 e. The Morgan fingerprint density at radius 2 is 2.09 bits per heavy atom. The van der Waals surface area contributed by atoms with Crippen LogP contribution in [0.15, 0.2) is 18.2 Å². The molecule has 3 amide bonds. The molecule has 0 aliphatic heterocycles. The highest BCUT2D eigenvalue weighted by Gasteiger charge is 2.21. The summed E-state index contributed by atoms with van der Waals surface area (Å²) in [7, 11) is 0. The maximum Gasteiger partial charge on any atom is 0.270 e. The minimum absolute atomic E-state index is 0.0825. The molecule has 0 fully saturated rings. The van der Waals surface area contributed by atoms with Crippen LogP contribution in [0.3, 0.4) is 0 Å². The zero-order valence-corrected chi connectivity index (χ0v) is 12.4. The highest BCUT2D eigenvalue weighted by Crippen LogP contribution is 2.17. The first kappa shape index (κ1) is 17.6. The molecule has 1 atom stereocenters. The molecule has 8 heteroatoms. The summed E-state index contributed by atoms with van der Waals surface area (Å²) in [5.74, 6) is 4.94. The molecular weight excluding hydrogens is 286 g/mol. The summed E-state index contributed by atoms with van der Waals surface area (Å²) >= 11 is 0. The van der Waals surface area contributed by atoms with Crippen molar-refractivity contribution in [2.75, 3.05) is 5.73 Å². The van der Waals surface area contributed by atoms with Gasteiger partial charge in [-0.15, -0.1) is 0 Å². The molecule has 7 N–H and O–H groups in total. The normalized spacial score (nSPS) is 11.6. The number of nitrogens with two attached hydrogens (primary N) is 3. The standard InChI is InChI=1S/C14H21N5O3/c1-9(2-5-13(21)18-8-20)19(17)14(22)11-6-10(7-15)3-4-12(11)16/h3-4,6,8-9H,2,5,7,15-17H2,1H3,(H,18,20,21). The van der Waals surface area contributed by atoms with E-state index in [0.717, 1.165) is 10.6 Å². The lowest BCUT2D eigenvalue weighted by atomic mass is 10.1. The Morgan fingerprint density at radius 3 is 2.68 bits per heavy atom. The number of nitrogens with one attached hydrogen (secondary N) is 1. The van der Waals surface area contributed by atoms with Crippen molar-refractivity contribution in [3.05, 3.63) is 29.3 Å². The first-order chi connectivity index (χ1) is 10.4. The van der Waals surface area contributed by atoms with Gasteiger partial charge < -0.3 is 11.5 Å². The average Bonchev–Trinajstić information content (AvgIpc) is 2.52. The number of hydrazine groups is 1. The quantitative estimate of drug-likeness (QED) is 0.175. The number of amides is 3. The topological polar surface area (TPSA) is 145 Å². The number of anilines is 1. The van der Waals surface area contributed by atoms with E-state index in [0.29, 0.717) is 18.5 Å². The molecule has 0 bridgehead atoms. The number of nitrogens with zero attached hydrogens (tertiary/aromatic N) is 1. The second-order valence-electron chi connectivity index (χ2n) is 4.91. The number of benzene rings is 1. The molecule has 8 nitrogen and oxygen atoms in total. The van der Waals surface area contributed by atoms with E-state index in [1.807, 2.05) is 5.32 Å². The molecule has 0 saturated carbocycles. The van der Waals surface area contributed by atoms with E-state index < -0.39 is 17.9 Å². The Balaban J connectivity index is 2.75. The van der Waals surface area contributed by atoms with Gasteiger partial charge in [-0.05, 0) is 31.0 Å². The second kappa shape index (κ2) is 8.11. The Bertz CT molecular complexity index is 561. The summed E-state index contributed by atoms with van der Waals surface area (Å²) in [4.78, 5) is 33.7. The van der Waals surface area contributed by atoms with Gasteiger partial charge in [0.05, 0.1) is 5.56 Å². The van der Waals surface area contributed by atoms with Gasteiger partial charge in [0, 0.05) is 24.7 Å². The SMILES string of the molecule is CC(CCC(=O)NC=O)N(N)C(=O)c1cc(CN)ccc1N. The molecule has 0 aliphatic rings. The Hall–Kier alpha value is -2.45. The minimum Gasteiger partial charge on any atom is -0.398 e. The molecule has 0 spiro atoms. The van der Waals surface area contributed by atoms with Crippen LogP contribution < -0.4 is 22.6 Å². The van der Waals surface area contributed by atoms with Crippen molar-refractivity contribution >= 4 is 23.9 Å². The van der Waals surface area contributed by atoms with Gasteiger partial charge >= 0.3 is 0 Å². The third-order valence-electron chi connectivity index (χ3n) is 3.30. The van der Waals surface area contributed by atoms with Crippen LogP contribution >= 0.6 is 0 Å². The third-order valence-corrected chi connectivity index (χ3v) is 3.30. The van der Waals surface area contributed by atoms with Crippen molar-refractivity contribution in [1.82, 2.24) is 10.3 Å². The van der Waals surface area contributed by atoms with Gasteiger partial charge in [-0.25, -0.2) is 5.84 Å². The van der Waals surface area contributed by atoms with Crippen molar-refractivity contribution in [2.45, 2.75) is 32.4 Å². The van der Waals surface area contributed by atoms with Crippen LogP contribution in [0.4, 0.5) is 5.69 Å². The molecule has 0 aliphatic carbocycles. The van der Waals surface area contributed by atoms with E-state index in [9.17, 15) is 14.4 Å². The number of rotatable bonds is 7. The van der Waals surface area contributed by atoms with E-state index >= 15 is 0 Å². The van der Waals surface area contributed by atoms with E-state index in [2.05, 4.69) is 0 Å². The average molecular weight is 307 g/mol. The fraction of sp³-hybridized carbons (Fsp3) is 0.357. The second-order valence-corrected chi connectivity index (χ2v) is 4.91. The maximum absolute atomic E-state index is 12.4. The van der Waals surface area contributed by atoms with Crippen LogP contribution in [0, 0.1) is 0 Å². The van der Waals surface area contributed by atoms with Gasteiger partial charge in [-0.3, -0.25) is 24.7 Å². The third kappa shape index (κ3) is 4.54. The summed E-state index contributed by atoms with van der Waals surface area (Å²) in [5, 5.41) is 3.06. The van der Waals surface area contributed by atoms with E-state index in [1.165, 1.54) is 0 Å². The van der Waals surface area contributed by atoms with Gasteiger partial charge in [-0.1, -0.05) is 6.07 Å². The summed E-state index contributed by atoms with van der Waals surface area (Å²) in [6.07, 6.45) is 0.717. The number of nitrogen functional groups attached to an aromatic ring is 1. The highest BCUT2D eigenvalue weighted by atomic mass is 16.2. The van der Waals surface area contributed by atoms with Gasteiger partial charge in [-0.2, -0.15) is 0 Å². The molecule has 0 heterocycles. The number of hydrogen-bond donors (Lipinski definition) is 4. The lowest BCUT2D eigenvalue weighted by molar-refractivity contribution is -0.125. The fourth-order valence-corrected chi connectivity index (χ4v) is 1.87. The molecule has 0 aromatic heterocycles. The zero-order chi connectivity index (χ0) is 16.7. The van der Waals surface area contributed by atoms with Crippen LogP contribution in [0.25, 0.3) is 0 Å². The summed E-state index contributed by atoms with van der Waals surface area (Å²) in [6.45, 7) is 1.99. The predicted molar refractivity (Wildman–Crippen MR) is 82.0 cm³/mol. The summed E-state index contributed by atoms with van der Waals surface area (Å²) in [5.41, 5.74) is 12.7. The first-order valence-corrected chi connectivity index (χ1v) is 6.80. The molecule has 120 valence electrons. The van der Waals surface area contributed by atoms with Gasteiger partial charge in [0.15, 0.2) is 0 Å². The van der Waals surface area contributed by atoms with Crippen molar-refractivity contribution in [1.29, 1.82) is 0 Å². The molecule has 1 aromatic carbocycles. The van der Waals surface area contributed by atoms with Crippen molar-refractivity contribution < 1.29 is 14.4 Å². The number of carbonyl (C=O) groups is 3. The van der Waals surface area contributed by atoms with Crippen LogP contribution in [0.1, 0.15) is 35.7 Å². The Morgan fingerprint density at radius 1 is 1.41 bits per heavy atom. The lowest BCUT2D eigenvalue weighted by Crippen LogP contribution is -2.44. The van der Waals surface area contributed by atoms with Crippen LogP contribution in [0.2, 0.25) is 0 Å². The molecular formula is C14H21N5O3. The zero-order valence-electron chi connectivity index (χ0n) is 12.4. The molecule has 0 saturated heterocycles. The van der Waals surface area contributed by atoms with E-state index in [-0.39, 0.29) is 18.5 Å².